The summed E-state index contributed by atoms with van der Waals surface area (Å²) in [7, 11) is -4.15. The zero-order valence-electron chi connectivity index (χ0n) is 11.1. The summed E-state index contributed by atoms with van der Waals surface area (Å²) in [5.41, 5.74) is -1.15. The van der Waals surface area contributed by atoms with Crippen molar-refractivity contribution in [2.24, 2.45) is 0 Å². The number of hydrogen-bond donors (Lipinski definition) is 1. The van der Waals surface area contributed by atoms with Crippen molar-refractivity contribution >= 4 is 15.7 Å². The van der Waals surface area contributed by atoms with Gasteiger partial charge in [0.05, 0.1) is 20.9 Å². The van der Waals surface area contributed by atoms with Gasteiger partial charge in [-0.3, -0.25) is 4.79 Å². The number of hydrogen-bond acceptors (Lipinski definition) is 3. The zero-order valence-corrected chi connectivity index (χ0v) is 11.9. The van der Waals surface area contributed by atoms with Gasteiger partial charge in [-0.15, -0.1) is 0 Å². The van der Waals surface area contributed by atoms with Gasteiger partial charge in [-0.1, -0.05) is 12.2 Å². The lowest BCUT2D eigenvalue weighted by Crippen LogP contribution is -2.23. The van der Waals surface area contributed by atoms with Gasteiger partial charge in [0.2, 0.25) is 9.84 Å². The van der Waals surface area contributed by atoms with Gasteiger partial charge in [0, 0.05) is 18.5 Å². The summed E-state index contributed by atoms with van der Waals surface area (Å²) in [6, 6.07) is 2.13. The Kier molecular flexibility index (Phi) is 3.17. The molecule has 1 aromatic rings. The van der Waals surface area contributed by atoms with E-state index < -0.39 is 32.4 Å². The second-order valence-corrected chi connectivity index (χ2v) is 6.89. The normalized spacial score (nSPS) is 20.0. The molecule has 3 rings (SSSR count). The van der Waals surface area contributed by atoms with Gasteiger partial charge in [0.15, 0.2) is 0 Å². The molecule has 1 aliphatic heterocycles. The van der Waals surface area contributed by atoms with Crippen LogP contribution in [0.25, 0.3) is 0 Å². The van der Waals surface area contributed by atoms with Gasteiger partial charge >= 0.3 is 6.18 Å². The van der Waals surface area contributed by atoms with E-state index in [1.807, 2.05) is 0 Å². The van der Waals surface area contributed by atoms with E-state index in [0.717, 1.165) is 6.07 Å². The predicted molar refractivity (Wildman–Crippen MR) is 71.5 cm³/mol. The van der Waals surface area contributed by atoms with E-state index in [0.29, 0.717) is 12.1 Å². The van der Waals surface area contributed by atoms with Crippen LogP contribution < -0.4 is 5.32 Å². The Bertz CT molecular complexity index is 835. The lowest BCUT2D eigenvalue weighted by atomic mass is 10.1. The maximum atomic E-state index is 12.8. The summed E-state index contributed by atoms with van der Waals surface area (Å²) in [5, 5.41) is 2.48. The van der Waals surface area contributed by atoms with E-state index >= 15 is 0 Å². The van der Waals surface area contributed by atoms with Crippen LogP contribution in [-0.2, 0) is 16.0 Å². The Morgan fingerprint density at radius 3 is 2.45 bits per heavy atom. The van der Waals surface area contributed by atoms with E-state index in [1.54, 1.807) is 12.2 Å². The molecule has 0 saturated carbocycles. The topological polar surface area (TPSA) is 63.2 Å². The van der Waals surface area contributed by atoms with Crippen LogP contribution in [0.15, 0.2) is 45.8 Å². The first-order chi connectivity index (χ1) is 10.2. The van der Waals surface area contributed by atoms with Gasteiger partial charge in [-0.05, 0) is 18.2 Å². The molecule has 1 heterocycles. The Morgan fingerprint density at radius 1 is 1.09 bits per heavy atom. The Hall–Kier alpha value is -2.09. The first-order valence-corrected chi connectivity index (χ1v) is 7.84. The van der Waals surface area contributed by atoms with Gasteiger partial charge in [0.1, 0.15) is 0 Å². The predicted octanol–water partition coefficient (Wildman–Crippen LogP) is 2.78. The van der Waals surface area contributed by atoms with Crippen molar-refractivity contribution in [1.82, 2.24) is 5.32 Å². The first-order valence-electron chi connectivity index (χ1n) is 6.36. The molecular weight excluding hydrogens is 319 g/mol. The number of amides is 1. The molecule has 2 aliphatic rings. The maximum absolute atomic E-state index is 12.8. The molecule has 1 aliphatic carbocycles. The Morgan fingerprint density at radius 2 is 1.77 bits per heavy atom. The lowest BCUT2D eigenvalue weighted by Gasteiger charge is -2.14. The smallest absolute Gasteiger partial charge is 0.324 e. The second-order valence-electron chi connectivity index (χ2n) is 4.95. The number of carbonyl (C=O) groups excluding carboxylic acids is 1. The van der Waals surface area contributed by atoms with Crippen LogP contribution >= 0.6 is 0 Å². The minimum absolute atomic E-state index is 0.0492. The molecule has 0 atom stereocenters. The molecule has 0 saturated heterocycles. The number of carbonyl (C=O) groups is 1. The van der Waals surface area contributed by atoms with Crippen molar-refractivity contribution in [3.05, 3.63) is 52.1 Å². The van der Waals surface area contributed by atoms with E-state index in [9.17, 15) is 26.4 Å². The van der Waals surface area contributed by atoms with Gasteiger partial charge < -0.3 is 5.32 Å². The number of fused-ring (bicyclic) bond motifs is 1. The molecule has 116 valence electrons. The van der Waals surface area contributed by atoms with Crippen molar-refractivity contribution in [1.29, 1.82) is 0 Å². The van der Waals surface area contributed by atoms with Crippen molar-refractivity contribution < 1.29 is 26.4 Å². The average molecular weight is 329 g/mol. The van der Waals surface area contributed by atoms with Crippen molar-refractivity contribution in [3.63, 3.8) is 0 Å². The number of benzene rings is 1. The number of sulfone groups is 1. The number of rotatable bonds is 0. The third kappa shape index (κ3) is 2.23. The Labute approximate surface area is 124 Å². The largest absolute Gasteiger partial charge is 0.416 e. The van der Waals surface area contributed by atoms with E-state index in [2.05, 4.69) is 5.32 Å². The average Bonchev–Trinajstić information content (AvgIpc) is 2.53. The highest BCUT2D eigenvalue weighted by atomic mass is 32.2. The summed E-state index contributed by atoms with van der Waals surface area (Å²) in [4.78, 5) is 11.4. The third-order valence-electron chi connectivity index (χ3n) is 3.56. The van der Waals surface area contributed by atoms with E-state index in [-0.39, 0.29) is 29.0 Å². The summed E-state index contributed by atoms with van der Waals surface area (Å²) in [6.07, 6.45) is -1.10. The molecule has 22 heavy (non-hydrogen) atoms. The lowest BCUT2D eigenvalue weighted by molar-refractivity contribution is -0.137. The van der Waals surface area contributed by atoms with Crippen LogP contribution in [-0.4, -0.2) is 14.3 Å². The monoisotopic (exact) mass is 329 g/mol. The van der Waals surface area contributed by atoms with Crippen LogP contribution in [0.4, 0.5) is 13.2 Å². The van der Waals surface area contributed by atoms with Crippen LogP contribution in [0.3, 0.4) is 0 Å². The molecule has 0 fully saturated rings. The van der Waals surface area contributed by atoms with Crippen LogP contribution in [0.5, 0.6) is 0 Å². The van der Waals surface area contributed by atoms with Crippen molar-refractivity contribution in [3.8, 4) is 0 Å². The summed E-state index contributed by atoms with van der Waals surface area (Å²) < 4.78 is 63.7. The van der Waals surface area contributed by atoms with E-state index in [4.69, 9.17) is 0 Å². The second kappa shape index (κ2) is 4.70. The van der Waals surface area contributed by atoms with Crippen molar-refractivity contribution in [2.45, 2.75) is 23.9 Å². The molecule has 0 spiro atoms. The van der Waals surface area contributed by atoms with Gasteiger partial charge in [0.25, 0.3) is 5.91 Å². The van der Waals surface area contributed by atoms with Gasteiger partial charge in [-0.2, -0.15) is 13.2 Å². The number of allylic oxidation sites excluding steroid dienone is 3. The van der Waals surface area contributed by atoms with Crippen molar-refractivity contribution in [2.75, 3.05) is 0 Å². The highest BCUT2D eigenvalue weighted by Crippen LogP contribution is 2.37. The molecule has 0 bridgehead atoms. The highest BCUT2D eigenvalue weighted by Gasteiger charge is 2.37. The Balaban J connectivity index is 2.27. The molecule has 8 heteroatoms. The SMILES string of the molecule is O=C1NC2=C(CC=CC2)S(=O)(=O)c2cc(C(F)(F)F)ccc21. The standard InChI is InChI=1S/C14H10F3NO3S/c15-14(16,17)8-5-6-9-12(7-8)22(20,21)11-4-2-1-3-10(11)18-13(9)19/h1-2,5-7H,3-4H2,(H,18,19). The highest BCUT2D eigenvalue weighted by molar-refractivity contribution is 7.95. The molecule has 0 radical (unpaired) electrons. The fourth-order valence-electron chi connectivity index (χ4n) is 2.47. The summed E-state index contributed by atoms with van der Waals surface area (Å²) in [5.74, 6) is -0.715. The maximum Gasteiger partial charge on any atom is 0.416 e. The summed E-state index contributed by atoms with van der Waals surface area (Å²) in [6.45, 7) is 0. The number of alkyl halides is 3. The first kappa shape index (κ1) is 14.8. The number of halogens is 3. The molecular formula is C14H10F3NO3S. The molecule has 1 N–H and O–H groups in total. The van der Waals surface area contributed by atoms with Gasteiger partial charge in [-0.25, -0.2) is 8.42 Å². The molecule has 1 aromatic carbocycles. The minimum Gasteiger partial charge on any atom is -0.324 e. The third-order valence-corrected chi connectivity index (χ3v) is 5.54. The summed E-state index contributed by atoms with van der Waals surface area (Å²) >= 11 is 0. The number of nitrogens with one attached hydrogen (secondary N) is 1. The van der Waals surface area contributed by atoms with Crippen LogP contribution in [0.2, 0.25) is 0 Å². The zero-order chi connectivity index (χ0) is 16.1. The molecule has 4 nitrogen and oxygen atoms in total. The van der Waals surface area contributed by atoms with Crippen LogP contribution in [0, 0.1) is 0 Å². The molecule has 0 aromatic heterocycles. The fraction of sp³-hybridized carbons (Fsp3) is 0.214. The molecule has 0 unspecified atom stereocenters. The van der Waals surface area contributed by atoms with E-state index in [1.165, 1.54) is 0 Å². The van der Waals surface area contributed by atoms with Crippen LogP contribution in [0.1, 0.15) is 28.8 Å². The minimum atomic E-state index is -4.68. The quantitative estimate of drug-likeness (QED) is 0.745. The fourth-order valence-corrected chi connectivity index (χ4v) is 4.24. The molecule has 1 amide bonds.